The second-order valence-corrected chi connectivity index (χ2v) is 8.32. The Morgan fingerprint density at radius 3 is 2.71 bits per heavy atom. The lowest BCUT2D eigenvalue weighted by Crippen LogP contribution is -2.33. The minimum absolute atomic E-state index is 0.0138. The van der Waals surface area contributed by atoms with Gasteiger partial charge in [0.15, 0.2) is 9.84 Å². The number of sulfone groups is 1. The molecule has 3 rings (SSSR count). The van der Waals surface area contributed by atoms with Crippen LogP contribution in [0.2, 0.25) is 0 Å². The highest BCUT2D eigenvalue weighted by molar-refractivity contribution is 7.91. The number of nitrogens with zero attached hydrogens (tertiary/aromatic N) is 1. The maximum absolute atomic E-state index is 13.5. The van der Waals surface area contributed by atoms with E-state index in [9.17, 15) is 12.8 Å². The van der Waals surface area contributed by atoms with Crippen LogP contribution in [0.15, 0.2) is 18.2 Å². The van der Waals surface area contributed by atoms with Crippen LogP contribution in [0.5, 0.6) is 0 Å². The summed E-state index contributed by atoms with van der Waals surface area (Å²) in [5.74, 6) is 0.189. The van der Waals surface area contributed by atoms with Gasteiger partial charge in [0.25, 0.3) is 0 Å². The quantitative estimate of drug-likeness (QED) is 0.899. The molecule has 4 nitrogen and oxygen atoms in total. The van der Waals surface area contributed by atoms with Gasteiger partial charge in [-0.2, -0.15) is 0 Å². The third-order valence-electron chi connectivity index (χ3n) is 4.34. The van der Waals surface area contributed by atoms with Crippen LogP contribution in [0.4, 0.5) is 10.1 Å². The Morgan fingerprint density at radius 2 is 2.10 bits per heavy atom. The lowest BCUT2D eigenvalue weighted by atomic mass is 10.1. The van der Waals surface area contributed by atoms with Gasteiger partial charge >= 0.3 is 0 Å². The van der Waals surface area contributed by atoms with E-state index in [1.54, 1.807) is 12.1 Å². The summed E-state index contributed by atoms with van der Waals surface area (Å²) < 4.78 is 36.8. The summed E-state index contributed by atoms with van der Waals surface area (Å²) in [6.07, 6.45) is 3.01. The van der Waals surface area contributed by atoms with Crippen molar-refractivity contribution in [2.24, 2.45) is 0 Å². The summed E-state index contributed by atoms with van der Waals surface area (Å²) in [4.78, 5) is 1.99. The Morgan fingerprint density at radius 1 is 1.33 bits per heavy atom. The summed E-state index contributed by atoms with van der Waals surface area (Å²) >= 11 is 0. The molecule has 2 fully saturated rings. The van der Waals surface area contributed by atoms with Crippen molar-refractivity contribution in [1.29, 1.82) is 0 Å². The predicted molar refractivity (Wildman–Crippen MR) is 81.7 cm³/mol. The van der Waals surface area contributed by atoms with Gasteiger partial charge in [-0.25, -0.2) is 12.8 Å². The largest absolute Gasteiger partial charge is 0.370 e. The van der Waals surface area contributed by atoms with Gasteiger partial charge in [0, 0.05) is 31.4 Å². The van der Waals surface area contributed by atoms with Gasteiger partial charge < -0.3 is 10.2 Å². The molecule has 1 aliphatic carbocycles. The molecule has 1 aliphatic heterocycles. The monoisotopic (exact) mass is 312 g/mol. The van der Waals surface area contributed by atoms with Crippen molar-refractivity contribution in [2.75, 3.05) is 23.5 Å². The number of anilines is 1. The molecule has 0 aromatic heterocycles. The summed E-state index contributed by atoms with van der Waals surface area (Å²) in [5.41, 5.74) is 1.82. The van der Waals surface area contributed by atoms with E-state index >= 15 is 0 Å². The van der Waals surface area contributed by atoms with Crippen molar-refractivity contribution < 1.29 is 12.8 Å². The average molecular weight is 312 g/mol. The smallest absolute Gasteiger partial charge is 0.152 e. The highest BCUT2D eigenvalue weighted by atomic mass is 32.2. The van der Waals surface area contributed by atoms with Crippen molar-refractivity contribution in [3.8, 4) is 0 Å². The lowest BCUT2D eigenvalue weighted by molar-refractivity contribution is 0.600. The van der Waals surface area contributed by atoms with Gasteiger partial charge in [-0.3, -0.25) is 0 Å². The minimum Gasteiger partial charge on any atom is -0.370 e. The van der Waals surface area contributed by atoms with Crippen molar-refractivity contribution in [1.82, 2.24) is 5.32 Å². The molecule has 1 heterocycles. The molecule has 116 valence electrons. The zero-order valence-corrected chi connectivity index (χ0v) is 13.0. The summed E-state index contributed by atoms with van der Waals surface area (Å²) in [6.45, 7) is 0.627. The van der Waals surface area contributed by atoms with E-state index in [0.717, 1.165) is 11.3 Å². The molecule has 1 N–H and O–H groups in total. The first-order valence-corrected chi connectivity index (χ1v) is 9.22. The predicted octanol–water partition coefficient (Wildman–Crippen LogP) is 1.70. The Kier molecular flexibility index (Phi) is 3.92. The average Bonchev–Trinajstić information content (AvgIpc) is 3.18. The van der Waals surface area contributed by atoms with Crippen molar-refractivity contribution in [3.05, 3.63) is 29.6 Å². The fourth-order valence-corrected chi connectivity index (χ4v) is 4.63. The van der Waals surface area contributed by atoms with Gasteiger partial charge in [0.05, 0.1) is 11.5 Å². The molecule has 21 heavy (non-hydrogen) atoms. The molecule has 0 bridgehead atoms. The number of hydrogen-bond acceptors (Lipinski definition) is 4. The van der Waals surface area contributed by atoms with Crippen LogP contribution in [-0.4, -0.2) is 39.1 Å². The molecule has 1 saturated carbocycles. The molecular weight excluding hydrogens is 291 g/mol. The molecule has 1 unspecified atom stereocenters. The molecule has 0 amide bonds. The van der Waals surface area contributed by atoms with E-state index in [0.29, 0.717) is 19.0 Å². The Balaban J connectivity index is 1.79. The van der Waals surface area contributed by atoms with Crippen molar-refractivity contribution in [3.63, 3.8) is 0 Å². The number of nitrogens with one attached hydrogen (secondary N) is 1. The van der Waals surface area contributed by atoms with E-state index in [1.807, 2.05) is 11.9 Å². The fraction of sp³-hybridized carbons (Fsp3) is 0.600. The SMILES string of the molecule is CN(c1ccc(F)cc1CNC1CC1)C1CCS(=O)(=O)C1. The first kappa shape index (κ1) is 14.8. The van der Waals surface area contributed by atoms with Crippen molar-refractivity contribution >= 4 is 15.5 Å². The highest BCUT2D eigenvalue weighted by Crippen LogP contribution is 2.28. The molecule has 2 aliphatic rings. The zero-order valence-electron chi connectivity index (χ0n) is 12.2. The number of benzene rings is 1. The van der Waals surface area contributed by atoms with E-state index in [2.05, 4.69) is 5.32 Å². The van der Waals surface area contributed by atoms with E-state index in [-0.39, 0.29) is 23.4 Å². The topological polar surface area (TPSA) is 49.4 Å². The number of halogens is 1. The van der Waals surface area contributed by atoms with Gasteiger partial charge in [-0.15, -0.1) is 0 Å². The summed E-state index contributed by atoms with van der Waals surface area (Å²) in [6, 6.07) is 5.28. The van der Waals surface area contributed by atoms with Crippen molar-refractivity contribution in [2.45, 2.75) is 37.9 Å². The molecule has 1 aromatic rings. The molecule has 0 radical (unpaired) electrons. The second-order valence-electron chi connectivity index (χ2n) is 6.10. The van der Waals surface area contributed by atoms with Crippen LogP contribution in [0.1, 0.15) is 24.8 Å². The third kappa shape index (κ3) is 3.55. The van der Waals surface area contributed by atoms with E-state index < -0.39 is 9.84 Å². The second kappa shape index (κ2) is 5.57. The molecular formula is C15H21FN2O2S. The normalized spacial score (nSPS) is 24.2. The fourth-order valence-electron chi connectivity index (χ4n) is 2.86. The van der Waals surface area contributed by atoms with E-state index in [1.165, 1.54) is 18.9 Å². The van der Waals surface area contributed by atoms with Gasteiger partial charge in [0.1, 0.15) is 5.82 Å². The first-order chi connectivity index (χ1) is 9.94. The Bertz CT molecular complexity index is 629. The number of rotatable bonds is 5. The third-order valence-corrected chi connectivity index (χ3v) is 6.09. The Labute approximate surface area is 125 Å². The molecule has 1 saturated heterocycles. The number of hydrogen-bond donors (Lipinski definition) is 1. The zero-order chi connectivity index (χ0) is 15.0. The summed E-state index contributed by atoms with van der Waals surface area (Å²) in [5, 5.41) is 3.39. The maximum atomic E-state index is 13.5. The van der Waals surface area contributed by atoms with Crippen LogP contribution in [0.3, 0.4) is 0 Å². The first-order valence-electron chi connectivity index (χ1n) is 7.40. The van der Waals surface area contributed by atoms with Crippen LogP contribution in [0, 0.1) is 5.82 Å². The molecule has 0 spiro atoms. The maximum Gasteiger partial charge on any atom is 0.152 e. The summed E-state index contributed by atoms with van der Waals surface area (Å²) in [7, 11) is -1.01. The van der Waals surface area contributed by atoms with Gasteiger partial charge in [-0.1, -0.05) is 0 Å². The van der Waals surface area contributed by atoms with Crippen LogP contribution in [0.25, 0.3) is 0 Å². The van der Waals surface area contributed by atoms with Gasteiger partial charge in [0.2, 0.25) is 0 Å². The minimum atomic E-state index is -2.92. The standard InChI is InChI=1S/C15H21FN2O2S/c1-18(14-6-7-21(19,20)10-14)15-5-2-12(16)8-11(15)9-17-13-3-4-13/h2,5,8,13-14,17H,3-4,6-7,9-10H2,1H3. The highest BCUT2D eigenvalue weighted by Gasteiger charge is 2.31. The van der Waals surface area contributed by atoms with Crippen LogP contribution >= 0.6 is 0 Å². The molecule has 1 aromatic carbocycles. The van der Waals surface area contributed by atoms with Crippen LogP contribution in [-0.2, 0) is 16.4 Å². The molecule has 6 heteroatoms. The Hall–Kier alpha value is -1.14. The lowest BCUT2D eigenvalue weighted by Gasteiger charge is -2.28. The van der Waals surface area contributed by atoms with E-state index in [4.69, 9.17) is 0 Å². The van der Waals surface area contributed by atoms with Crippen LogP contribution < -0.4 is 10.2 Å². The molecule has 1 atom stereocenters. The van der Waals surface area contributed by atoms with Gasteiger partial charge in [-0.05, 0) is 43.0 Å².